The minimum Gasteiger partial charge on any atom is -0.456 e. The summed E-state index contributed by atoms with van der Waals surface area (Å²) in [5.41, 5.74) is 16.6. The van der Waals surface area contributed by atoms with E-state index in [9.17, 15) is 0 Å². The number of furan rings is 1. The second-order valence-electron chi connectivity index (χ2n) is 18.2. The van der Waals surface area contributed by atoms with E-state index >= 15 is 0 Å². The molecule has 326 valence electrons. The molecule has 0 amide bonds. The topological polar surface area (TPSA) is 53.7 Å². The first-order valence-corrected chi connectivity index (χ1v) is 23.7. The predicted octanol–water partition coefficient (Wildman–Crippen LogP) is 16.7. The number of hydrogen-bond acceptors (Lipinski definition) is 3. The highest BCUT2D eigenvalue weighted by Crippen LogP contribution is 2.41. The van der Waals surface area contributed by atoms with Crippen LogP contribution in [0.1, 0.15) is 0 Å². The molecule has 0 aliphatic carbocycles. The number of rotatable bonds is 6. The van der Waals surface area contributed by atoms with Gasteiger partial charge >= 0.3 is 0 Å². The van der Waals surface area contributed by atoms with Crippen molar-refractivity contribution in [1.29, 1.82) is 0 Å². The first-order chi connectivity index (χ1) is 34.7. The molecule has 0 unspecified atom stereocenters. The molecule has 0 spiro atoms. The Bertz CT molecular complexity index is 4260. The van der Waals surface area contributed by atoms with Crippen molar-refractivity contribution >= 4 is 87.4 Å². The maximum absolute atomic E-state index is 6.58. The molecule has 5 aromatic heterocycles. The molecule has 0 radical (unpaired) electrons. The fraction of sp³-hybridized carbons (Fsp3) is 0. The zero-order valence-electron chi connectivity index (χ0n) is 37.7. The Hall–Kier alpha value is -9.52. The summed E-state index contributed by atoms with van der Waals surface area (Å²) in [5.74, 6) is 0.686. The van der Waals surface area contributed by atoms with Gasteiger partial charge in [0.1, 0.15) is 11.2 Å². The van der Waals surface area contributed by atoms with Crippen LogP contribution in [0.15, 0.2) is 241 Å². The molecule has 0 aliphatic heterocycles. The van der Waals surface area contributed by atoms with Gasteiger partial charge in [0, 0.05) is 76.8 Å². The zero-order chi connectivity index (χ0) is 45.9. The summed E-state index contributed by atoms with van der Waals surface area (Å²) in [6, 6.07) is 84.4. The summed E-state index contributed by atoms with van der Waals surface area (Å²) in [5, 5.41) is 9.37. The third kappa shape index (κ3) is 5.80. The number of hydrogen-bond donors (Lipinski definition) is 0. The lowest BCUT2D eigenvalue weighted by molar-refractivity contribution is 0.669. The van der Waals surface area contributed by atoms with Crippen LogP contribution < -0.4 is 0 Å². The Morgan fingerprint density at radius 1 is 0.257 bits per heavy atom. The monoisotopic (exact) mass is 893 g/mol. The van der Waals surface area contributed by atoms with Crippen LogP contribution in [-0.4, -0.2) is 23.7 Å². The molecule has 0 aliphatic rings. The number of fused-ring (bicyclic) bond motifs is 12. The van der Waals surface area contributed by atoms with E-state index in [2.05, 4.69) is 214 Å². The lowest BCUT2D eigenvalue weighted by Gasteiger charge is -2.11. The van der Waals surface area contributed by atoms with E-state index in [4.69, 9.17) is 14.4 Å². The molecule has 6 heteroatoms. The zero-order valence-corrected chi connectivity index (χ0v) is 37.7. The van der Waals surface area contributed by atoms with Gasteiger partial charge in [-0.25, -0.2) is 9.97 Å². The van der Waals surface area contributed by atoms with Crippen molar-refractivity contribution in [2.24, 2.45) is 0 Å². The molecule has 0 atom stereocenters. The second-order valence-corrected chi connectivity index (χ2v) is 18.2. The number of nitrogens with zero attached hydrogens (tertiary/aromatic N) is 5. The van der Waals surface area contributed by atoms with Gasteiger partial charge in [-0.1, -0.05) is 133 Å². The summed E-state index contributed by atoms with van der Waals surface area (Å²) < 4.78 is 13.8. The van der Waals surface area contributed by atoms with Gasteiger partial charge < -0.3 is 18.1 Å². The van der Waals surface area contributed by atoms with Crippen LogP contribution in [0.3, 0.4) is 0 Å². The van der Waals surface area contributed by atoms with Gasteiger partial charge in [0.2, 0.25) is 0 Å². The van der Waals surface area contributed by atoms with Gasteiger partial charge in [-0.2, -0.15) is 0 Å². The molecule has 5 heterocycles. The largest absolute Gasteiger partial charge is 0.456 e. The Labute approximate surface area is 401 Å². The van der Waals surface area contributed by atoms with E-state index in [1.807, 2.05) is 36.4 Å². The van der Waals surface area contributed by atoms with Gasteiger partial charge in [0.25, 0.3) is 0 Å². The lowest BCUT2D eigenvalue weighted by Crippen LogP contribution is -1.96. The maximum Gasteiger partial charge on any atom is 0.160 e. The number of para-hydroxylation sites is 4. The van der Waals surface area contributed by atoms with Crippen LogP contribution in [-0.2, 0) is 0 Å². The quantitative estimate of drug-likeness (QED) is 0.167. The normalized spacial score (nSPS) is 12.0. The SMILES string of the molecule is c1ccc(-c2cc(-c3ccc4oc5ccc(-n6c7ccc(-n8c9ccccc9c9ccccc98)cc7c7cc(-n8c9ccccc9c9ccccc98)ccc76)cc5c4c3)nc(-c3ccccc3)n2)cc1. The van der Waals surface area contributed by atoms with Gasteiger partial charge in [0.05, 0.1) is 44.5 Å². The summed E-state index contributed by atoms with van der Waals surface area (Å²) >= 11 is 0. The summed E-state index contributed by atoms with van der Waals surface area (Å²) in [4.78, 5) is 10.2. The van der Waals surface area contributed by atoms with Gasteiger partial charge in [-0.3, -0.25) is 0 Å². The fourth-order valence-corrected chi connectivity index (χ4v) is 11.1. The van der Waals surface area contributed by atoms with Crippen molar-refractivity contribution in [1.82, 2.24) is 23.7 Å². The molecular formula is C64H39N5O. The maximum atomic E-state index is 6.58. The predicted molar refractivity (Wildman–Crippen MR) is 289 cm³/mol. The van der Waals surface area contributed by atoms with E-state index in [0.29, 0.717) is 5.82 Å². The molecular weight excluding hydrogens is 855 g/mol. The first kappa shape index (κ1) is 38.6. The molecule has 0 N–H and O–H groups in total. The number of aromatic nitrogens is 5. The van der Waals surface area contributed by atoms with Gasteiger partial charge in [-0.15, -0.1) is 0 Å². The third-order valence-corrected chi connectivity index (χ3v) is 14.2. The van der Waals surface area contributed by atoms with Crippen LogP contribution in [0.5, 0.6) is 0 Å². The molecule has 0 bridgehead atoms. The van der Waals surface area contributed by atoms with E-state index in [1.165, 1.54) is 54.4 Å². The Morgan fingerprint density at radius 3 is 1.13 bits per heavy atom. The van der Waals surface area contributed by atoms with Crippen molar-refractivity contribution in [2.75, 3.05) is 0 Å². The highest BCUT2D eigenvalue weighted by atomic mass is 16.3. The average Bonchev–Trinajstić information content (AvgIpc) is 4.17. The Morgan fingerprint density at radius 2 is 0.629 bits per heavy atom. The van der Waals surface area contributed by atoms with Crippen LogP contribution >= 0.6 is 0 Å². The standard InChI is InChI=1S/C64H39N5O/c1-3-15-40(16-4-1)54-39-55(66-64(65-54)41-17-5-2-6-18-41)42-27-33-62-52(35-42)53-38-45(30-34-63(53)70-62)69-60-31-28-43(67-56-23-11-7-19-46(56)47-20-8-12-24-57(47)67)36-50(60)51-37-44(29-32-61(51)69)68-58-25-13-9-21-48(58)49-22-10-14-26-59(49)68/h1-39H. The van der Waals surface area contributed by atoms with E-state index in [0.717, 1.165) is 78.1 Å². The highest BCUT2D eigenvalue weighted by molar-refractivity contribution is 6.15. The molecule has 6 nitrogen and oxygen atoms in total. The van der Waals surface area contributed by atoms with Gasteiger partial charge in [-0.05, 0) is 103 Å². The first-order valence-electron chi connectivity index (χ1n) is 23.7. The summed E-state index contributed by atoms with van der Waals surface area (Å²) in [7, 11) is 0. The molecule has 0 saturated carbocycles. The van der Waals surface area contributed by atoms with E-state index < -0.39 is 0 Å². The Balaban J connectivity index is 0.949. The van der Waals surface area contributed by atoms with Crippen LogP contribution in [0, 0.1) is 0 Å². The van der Waals surface area contributed by atoms with Crippen LogP contribution in [0.4, 0.5) is 0 Å². The average molecular weight is 894 g/mol. The van der Waals surface area contributed by atoms with Crippen molar-refractivity contribution in [3.05, 3.63) is 237 Å². The van der Waals surface area contributed by atoms with Crippen molar-refractivity contribution in [3.8, 4) is 51.0 Å². The molecule has 10 aromatic carbocycles. The fourth-order valence-electron chi connectivity index (χ4n) is 11.1. The Kier molecular flexibility index (Phi) is 8.26. The molecule has 0 saturated heterocycles. The molecule has 15 aromatic rings. The summed E-state index contributed by atoms with van der Waals surface area (Å²) in [6.45, 7) is 0. The van der Waals surface area contributed by atoms with Crippen molar-refractivity contribution in [3.63, 3.8) is 0 Å². The van der Waals surface area contributed by atoms with E-state index in [-0.39, 0.29) is 0 Å². The molecule has 70 heavy (non-hydrogen) atoms. The summed E-state index contributed by atoms with van der Waals surface area (Å²) in [6.07, 6.45) is 0. The molecule has 15 rings (SSSR count). The minimum atomic E-state index is 0.686. The van der Waals surface area contributed by atoms with Crippen LogP contribution in [0.25, 0.3) is 138 Å². The van der Waals surface area contributed by atoms with E-state index in [1.54, 1.807) is 0 Å². The number of benzene rings is 10. The smallest absolute Gasteiger partial charge is 0.160 e. The second kappa shape index (κ2) is 15.0. The highest BCUT2D eigenvalue weighted by Gasteiger charge is 2.21. The minimum absolute atomic E-state index is 0.686. The molecule has 0 fully saturated rings. The van der Waals surface area contributed by atoms with Crippen molar-refractivity contribution < 1.29 is 4.42 Å². The van der Waals surface area contributed by atoms with Crippen molar-refractivity contribution in [2.45, 2.75) is 0 Å². The lowest BCUT2D eigenvalue weighted by atomic mass is 10.0. The third-order valence-electron chi connectivity index (χ3n) is 14.2. The van der Waals surface area contributed by atoms with Crippen LogP contribution in [0.2, 0.25) is 0 Å². The van der Waals surface area contributed by atoms with Gasteiger partial charge in [0.15, 0.2) is 5.82 Å².